The molecular weight excluding hydrogens is 244 g/mol. The van der Waals surface area contributed by atoms with Gasteiger partial charge in [0.2, 0.25) is 5.76 Å². The van der Waals surface area contributed by atoms with Gasteiger partial charge in [0.15, 0.2) is 0 Å². The molecule has 2 unspecified atom stereocenters. The van der Waals surface area contributed by atoms with Crippen LogP contribution in [0.15, 0.2) is 10.5 Å². The quantitative estimate of drug-likeness (QED) is 0.898. The molecule has 0 spiro atoms. The molecule has 106 valence electrons. The van der Waals surface area contributed by atoms with Gasteiger partial charge in [0.05, 0.1) is 6.54 Å². The fourth-order valence-corrected chi connectivity index (χ4v) is 2.91. The van der Waals surface area contributed by atoms with Gasteiger partial charge in [0.25, 0.3) is 0 Å². The second kappa shape index (κ2) is 5.35. The summed E-state index contributed by atoms with van der Waals surface area (Å²) in [6.45, 7) is 6.72. The van der Waals surface area contributed by atoms with E-state index in [1.54, 1.807) is 6.92 Å². The van der Waals surface area contributed by atoms with Crippen LogP contribution in [0.4, 0.5) is 0 Å². The van der Waals surface area contributed by atoms with Crippen LogP contribution in [0.5, 0.6) is 0 Å². The maximum atomic E-state index is 11.0. The maximum Gasteiger partial charge on any atom is 0.372 e. The van der Waals surface area contributed by atoms with Gasteiger partial charge >= 0.3 is 5.97 Å². The van der Waals surface area contributed by atoms with E-state index in [0.29, 0.717) is 24.1 Å². The summed E-state index contributed by atoms with van der Waals surface area (Å²) in [5.41, 5.74) is 0.693. The van der Waals surface area contributed by atoms with Crippen LogP contribution in [-0.2, 0) is 6.54 Å². The minimum Gasteiger partial charge on any atom is -0.475 e. The molecular formula is C14H22N2O3. The molecule has 5 heteroatoms. The lowest BCUT2D eigenvalue weighted by atomic mass is 10.1. The Balaban J connectivity index is 2.03. The molecule has 1 aromatic rings. The molecule has 1 fully saturated rings. The van der Waals surface area contributed by atoms with Gasteiger partial charge in [0, 0.05) is 24.7 Å². The van der Waals surface area contributed by atoms with Gasteiger partial charge in [-0.3, -0.25) is 4.90 Å². The Kier molecular flexibility index (Phi) is 3.96. The van der Waals surface area contributed by atoms with E-state index in [4.69, 9.17) is 9.52 Å². The van der Waals surface area contributed by atoms with Crippen molar-refractivity contribution in [2.24, 2.45) is 5.92 Å². The van der Waals surface area contributed by atoms with Gasteiger partial charge < -0.3 is 14.4 Å². The van der Waals surface area contributed by atoms with E-state index >= 15 is 0 Å². The molecule has 1 aliphatic heterocycles. The second-order valence-electron chi connectivity index (χ2n) is 5.73. The van der Waals surface area contributed by atoms with Crippen molar-refractivity contribution in [2.75, 3.05) is 27.2 Å². The van der Waals surface area contributed by atoms with E-state index in [1.807, 2.05) is 6.07 Å². The summed E-state index contributed by atoms with van der Waals surface area (Å²) in [7, 11) is 4.20. The number of carboxylic acids is 1. The van der Waals surface area contributed by atoms with Crippen molar-refractivity contribution in [2.45, 2.75) is 26.4 Å². The Hall–Kier alpha value is -1.33. The highest BCUT2D eigenvalue weighted by atomic mass is 16.4. The van der Waals surface area contributed by atoms with Crippen LogP contribution in [0, 0.1) is 12.8 Å². The molecule has 0 aliphatic carbocycles. The van der Waals surface area contributed by atoms with Crippen LogP contribution < -0.4 is 0 Å². The fraction of sp³-hybridized carbons (Fsp3) is 0.643. The smallest absolute Gasteiger partial charge is 0.372 e. The molecule has 1 N–H and O–H groups in total. The fourth-order valence-electron chi connectivity index (χ4n) is 2.91. The van der Waals surface area contributed by atoms with Gasteiger partial charge in [0.1, 0.15) is 5.76 Å². The molecule has 0 saturated carbocycles. The van der Waals surface area contributed by atoms with E-state index in [1.165, 1.54) is 0 Å². The van der Waals surface area contributed by atoms with Crippen molar-refractivity contribution < 1.29 is 14.3 Å². The standard InChI is InChI=1S/C14H22N2O3/c1-9-5-11(19-13(9)14(17)18)7-16-6-10(2)12(8-16)15(3)4/h5,10,12H,6-8H2,1-4H3,(H,17,18). The molecule has 1 aromatic heterocycles. The van der Waals surface area contributed by atoms with Gasteiger partial charge in [-0.1, -0.05) is 6.92 Å². The number of furan rings is 1. The average Bonchev–Trinajstić information content (AvgIpc) is 2.82. The Bertz CT molecular complexity index is 467. The summed E-state index contributed by atoms with van der Waals surface area (Å²) in [5, 5.41) is 8.98. The highest BCUT2D eigenvalue weighted by Gasteiger charge is 2.31. The molecule has 5 nitrogen and oxygen atoms in total. The zero-order valence-corrected chi connectivity index (χ0v) is 12.0. The first-order valence-electron chi connectivity index (χ1n) is 6.60. The number of likely N-dealkylation sites (N-methyl/N-ethyl adjacent to an activating group) is 1. The molecule has 0 aromatic carbocycles. The van der Waals surface area contributed by atoms with Crippen LogP contribution in [-0.4, -0.2) is 54.1 Å². The normalized spacial score (nSPS) is 24.3. The first kappa shape index (κ1) is 14.1. The Morgan fingerprint density at radius 3 is 2.68 bits per heavy atom. The van der Waals surface area contributed by atoms with Gasteiger partial charge in [-0.05, 0) is 33.0 Å². The summed E-state index contributed by atoms with van der Waals surface area (Å²) in [6, 6.07) is 2.38. The summed E-state index contributed by atoms with van der Waals surface area (Å²) >= 11 is 0. The van der Waals surface area contributed by atoms with Crippen LogP contribution in [0.1, 0.15) is 28.8 Å². The third-order valence-corrected chi connectivity index (χ3v) is 3.85. The number of carbonyl (C=O) groups is 1. The Labute approximate surface area is 113 Å². The zero-order valence-electron chi connectivity index (χ0n) is 12.0. The minimum absolute atomic E-state index is 0.0615. The number of hydrogen-bond acceptors (Lipinski definition) is 4. The van der Waals surface area contributed by atoms with Crippen molar-refractivity contribution >= 4 is 5.97 Å². The number of nitrogens with zero attached hydrogens (tertiary/aromatic N) is 2. The number of aryl methyl sites for hydroxylation is 1. The first-order valence-corrected chi connectivity index (χ1v) is 6.60. The third-order valence-electron chi connectivity index (χ3n) is 3.85. The van der Waals surface area contributed by atoms with Crippen LogP contribution in [0.25, 0.3) is 0 Å². The summed E-state index contributed by atoms with van der Waals surface area (Å²) < 4.78 is 5.41. The number of carboxylic acid groups (broad SMARTS) is 1. The van der Waals surface area contributed by atoms with E-state index in [2.05, 4.69) is 30.8 Å². The van der Waals surface area contributed by atoms with Gasteiger partial charge in [-0.25, -0.2) is 4.79 Å². The van der Waals surface area contributed by atoms with Crippen molar-refractivity contribution in [3.63, 3.8) is 0 Å². The highest BCUT2D eigenvalue weighted by Crippen LogP contribution is 2.23. The summed E-state index contributed by atoms with van der Waals surface area (Å²) in [4.78, 5) is 15.5. The van der Waals surface area contributed by atoms with Crippen LogP contribution in [0.2, 0.25) is 0 Å². The van der Waals surface area contributed by atoms with E-state index in [9.17, 15) is 4.79 Å². The molecule has 2 atom stereocenters. The van der Waals surface area contributed by atoms with Crippen molar-refractivity contribution in [1.82, 2.24) is 9.80 Å². The molecule has 0 amide bonds. The predicted molar refractivity (Wildman–Crippen MR) is 72.3 cm³/mol. The van der Waals surface area contributed by atoms with E-state index in [0.717, 1.165) is 18.8 Å². The lowest BCUT2D eigenvalue weighted by molar-refractivity contribution is 0.0657. The van der Waals surface area contributed by atoms with Crippen molar-refractivity contribution in [3.8, 4) is 0 Å². The van der Waals surface area contributed by atoms with Gasteiger partial charge in [-0.15, -0.1) is 0 Å². The lowest BCUT2D eigenvalue weighted by Gasteiger charge is -2.22. The number of aromatic carboxylic acids is 1. The Morgan fingerprint density at radius 2 is 2.21 bits per heavy atom. The summed E-state index contributed by atoms with van der Waals surface area (Å²) in [6.07, 6.45) is 0. The Morgan fingerprint density at radius 1 is 1.53 bits per heavy atom. The zero-order chi connectivity index (χ0) is 14.2. The molecule has 19 heavy (non-hydrogen) atoms. The van der Waals surface area contributed by atoms with E-state index < -0.39 is 5.97 Å². The van der Waals surface area contributed by atoms with Crippen molar-refractivity contribution in [3.05, 3.63) is 23.2 Å². The van der Waals surface area contributed by atoms with Crippen molar-refractivity contribution in [1.29, 1.82) is 0 Å². The summed E-state index contributed by atoms with van der Waals surface area (Å²) in [5.74, 6) is 0.419. The second-order valence-corrected chi connectivity index (χ2v) is 5.73. The lowest BCUT2D eigenvalue weighted by Crippen LogP contribution is -2.34. The average molecular weight is 266 g/mol. The third kappa shape index (κ3) is 2.98. The van der Waals surface area contributed by atoms with Gasteiger partial charge in [-0.2, -0.15) is 0 Å². The largest absolute Gasteiger partial charge is 0.475 e. The van der Waals surface area contributed by atoms with Crippen LogP contribution in [0.3, 0.4) is 0 Å². The van der Waals surface area contributed by atoms with E-state index in [-0.39, 0.29) is 5.76 Å². The molecule has 0 bridgehead atoms. The number of likely N-dealkylation sites (tertiary alicyclic amines) is 1. The van der Waals surface area contributed by atoms with Crippen LogP contribution >= 0.6 is 0 Å². The first-order chi connectivity index (χ1) is 8.88. The molecule has 0 radical (unpaired) electrons. The molecule has 1 aliphatic rings. The minimum atomic E-state index is -0.996. The monoisotopic (exact) mass is 266 g/mol. The maximum absolute atomic E-state index is 11.0. The number of hydrogen-bond donors (Lipinski definition) is 1. The topological polar surface area (TPSA) is 56.9 Å². The molecule has 2 rings (SSSR count). The predicted octanol–water partition coefficient (Wildman–Crippen LogP) is 1.67. The molecule has 2 heterocycles. The molecule has 1 saturated heterocycles. The highest BCUT2D eigenvalue weighted by molar-refractivity contribution is 5.86. The number of rotatable bonds is 4. The SMILES string of the molecule is Cc1cc(CN2CC(C)C(N(C)C)C2)oc1C(=O)O.